The molecular formula is C16H19BrFNO5. The minimum absolute atomic E-state index is 0.146. The van der Waals surface area contributed by atoms with Crippen LogP contribution in [0.25, 0.3) is 0 Å². The maximum absolute atomic E-state index is 13.6. The molecule has 6 nitrogen and oxygen atoms in total. The van der Waals surface area contributed by atoms with Gasteiger partial charge in [-0.2, -0.15) is 0 Å². The molecule has 0 spiro atoms. The zero-order chi connectivity index (χ0) is 18.3. The zero-order valence-electron chi connectivity index (χ0n) is 13.6. The van der Waals surface area contributed by atoms with E-state index in [0.717, 1.165) is 6.07 Å². The maximum Gasteiger partial charge on any atom is 0.341 e. The molecule has 1 amide bonds. The molecule has 0 aliphatic heterocycles. The SMILES string of the molecule is COC(=O)[C@@H](CC(C)C)NC(=O)COC(=O)c1cc(Br)ccc1F. The van der Waals surface area contributed by atoms with E-state index in [4.69, 9.17) is 4.74 Å². The van der Waals surface area contributed by atoms with Crippen LogP contribution in [0.2, 0.25) is 0 Å². The Morgan fingerprint density at radius 1 is 1.29 bits per heavy atom. The molecule has 8 heteroatoms. The van der Waals surface area contributed by atoms with Gasteiger partial charge in [0.05, 0.1) is 12.7 Å². The first-order chi connectivity index (χ1) is 11.2. The first kappa shape index (κ1) is 20.1. The van der Waals surface area contributed by atoms with E-state index >= 15 is 0 Å². The Bertz CT molecular complexity index is 620. The van der Waals surface area contributed by atoms with Gasteiger partial charge in [0.15, 0.2) is 6.61 Å². The summed E-state index contributed by atoms with van der Waals surface area (Å²) in [7, 11) is 1.22. The Kier molecular flexibility index (Phi) is 7.84. The van der Waals surface area contributed by atoms with Gasteiger partial charge in [-0.15, -0.1) is 0 Å². The first-order valence-electron chi connectivity index (χ1n) is 7.24. The fourth-order valence-electron chi connectivity index (χ4n) is 1.93. The Labute approximate surface area is 147 Å². The maximum atomic E-state index is 13.6. The molecule has 0 aliphatic rings. The van der Waals surface area contributed by atoms with Crippen LogP contribution in [0.15, 0.2) is 22.7 Å². The van der Waals surface area contributed by atoms with Gasteiger partial charge in [-0.3, -0.25) is 4.79 Å². The molecule has 0 aliphatic carbocycles. The van der Waals surface area contributed by atoms with Crippen LogP contribution >= 0.6 is 15.9 Å². The van der Waals surface area contributed by atoms with Crippen molar-refractivity contribution in [3.05, 3.63) is 34.1 Å². The van der Waals surface area contributed by atoms with Crippen molar-refractivity contribution in [1.82, 2.24) is 5.32 Å². The van der Waals surface area contributed by atoms with Crippen LogP contribution in [0.1, 0.15) is 30.6 Å². The average molecular weight is 404 g/mol. The van der Waals surface area contributed by atoms with Crippen molar-refractivity contribution in [1.29, 1.82) is 0 Å². The minimum Gasteiger partial charge on any atom is -0.467 e. The van der Waals surface area contributed by atoms with Crippen molar-refractivity contribution in [2.75, 3.05) is 13.7 Å². The van der Waals surface area contributed by atoms with Gasteiger partial charge in [-0.1, -0.05) is 29.8 Å². The van der Waals surface area contributed by atoms with E-state index in [1.807, 2.05) is 13.8 Å². The first-order valence-corrected chi connectivity index (χ1v) is 8.03. The summed E-state index contributed by atoms with van der Waals surface area (Å²) in [6, 6.07) is 2.97. The van der Waals surface area contributed by atoms with Gasteiger partial charge >= 0.3 is 11.9 Å². The number of hydrogen-bond donors (Lipinski definition) is 1. The van der Waals surface area contributed by atoms with Gasteiger partial charge in [0.1, 0.15) is 11.9 Å². The number of nitrogens with one attached hydrogen (secondary N) is 1. The Morgan fingerprint density at radius 3 is 2.54 bits per heavy atom. The van der Waals surface area contributed by atoms with Crippen LogP contribution in [0, 0.1) is 11.7 Å². The highest BCUT2D eigenvalue weighted by molar-refractivity contribution is 9.10. The highest BCUT2D eigenvalue weighted by Gasteiger charge is 2.23. The smallest absolute Gasteiger partial charge is 0.341 e. The summed E-state index contributed by atoms with van der Waals surface area (Å²) in [6.45, 7) is 3.15. The lowest BCUT2D eigenvalue weighted by atomic mass is 10.0. The summed E-state index contributed by atoms with van der Waals surface area (Å²) in [5, 5.41) is 2.44. The second-order valence-electron chi connectivity index (χ2n) is 5.47. The van der Waals surface area contributed by atoms with Gasteiger partial charge in [0.25, 0.3) is 5.91 Å². The molecule has 1 rings (SSSR count). The normalized spacial score (nSPS) is 11.8. The largest absolute Gasteiger partial charge is 0.467 e. The Morgan fingerprint density at radius 2 is 1.96 bits per heavy atom. The summed E-state index contributed by atoms with van der Waals surface area (Å²) in [5.74, 6) is -2.83. The van der Waals surface area contributed by atoms with Crippen molar-refractivity contribution >= 4 is 33.8 Å². The lowest BCUT2D eigenvalue weighted by Gasteiger charge is -2.18. The van der Waals surface area contributed by atoms with E-state index < -0.39 is 36.3 Å². The lowest BCUT2D eigenvalue weighted by molar-refractivity contribution is -0.145. The van der Waals surface area contributed by atoms with Gasteiger partial charge in [0, 0.05) is 4.47 Å². The second-order valence-corrected chi connectivity index (χ2v) is 6.39. The topological polar surface area (TPSA) is 81.7 Å². The monoisotopic (exact) mass is 403 g/mol. The quantitative estimate of drug-likeness (QED) is 0.707. The van der Waals surface area contributed by atoms with Crippen LogP contribution in [0.5, 0.6) is 0 Å². The van der Waals surface area contributed by atoms with E-state index in [2.05, 4.69) is 26.0 Å². The van der Waals surface area contributed by atoms with Gasteiger partial charge in [0.2, 0.25) is 0 Å². The molecule has 0 bridgehead atoms. The van der Waals surface area contributed by atoms with E-state index in [-0.39, 0.29) is 11.5 Å². The minimum atomic E-state index is -0.970. The molecule has 0 saturated heterocycles. The number of esters is 2. The Hall–Kier alpha value is -1.96. The molecule has 24 heavy (non-hydrogen) atoms. The molecule has 1 aromatic rings. The van der Waals surface area contributed by atoms with Crippen molar-refractivity contribution in [2.45, 2.75) is 26.3 Å². The summed E-state index contributed by atoms with van der Waals surface area (Å²) in [4.78, 5) is 35.3. The molecule has 0 saturated carbocycles. The zero-order valence-corrected chi connectivity index (χ0v) is 15.2. The fourth-order valence-corrected chi connectivity index (χ4v) is 2.29. The third-order valence-corrected chi connectivity index (χ3v) is 3.50. The lowest BCUT2D eigenvalue weighted by Crippen LogP contribution is -2.44. The Balaban J connectivity index is 2.62. The van der Waals surface area contributed by atoms with Crippen LogP contribution in [-0.2, 0) is 19.1 Å². The third-order valence-electron chi connectivity index (χ3n) is 3.01. The fraction of sp³-hybridized carbons (Fsp3) is 0.438. The standard InChI is InChI=1S/C16H19BrFNO5/c1-9(2)6-13(16(22)23-3)19-14(20)8-24-15(21)11-7-10(17)4-5-12(11)18/h4-5,7,9,13H,6,8H2,1-3H3,(H,19,20)/t13-/m1/s1. The summed E-state index contributed by atoms with van der Waals surface area (Å²) in [5.41, 5.74) is -0.288. The number of benzene rings is 1. The number of halogens is 2. The predicted octanol–water partition coefficient (Wildman–Crippen LogP) is 2.45. The van der Waals surface area contributed by atoms with Crippen molar-refractivity contribution < 1.29 is 28.2 Å². The van der Waals surface area contributed by atoms with E-state index in [0.29, 0.717) is 10.9 Å². The van der Waals surface area contributed by atoms with Crippen LogP contribution in [0.3, 0.4) is 0 Å². The van der Waals surface area contributed by atoms with Gasteiger partial charge < -0.3 is 14.8 Å². The molecule has 132 valence electrons. The van der Waals surface area contributed by atoms with E-state index in [1.165, 1.54) is 19.2 Å². The number of amides is 1. The van der Waals surface area contributed by atoms with Gasteiger partial charge in [-0.25, -0.2) is 14.0 Å². The molecule has 0 unspecified atom stereocenters. The van der Waals surface area contributed by atoms with Crippen LogP contribution in [0.4, 0.5) is 4.39 Å². The molecule has 1 N–H and O–H groups in total. The summed E-state index contributed by atoms with van der Waals surface area (Å²) >= 11 is 3.12. The number of hydrogen-bond acceptors (Lipinski definition) is 5. The van der Waals surface area contributed by atoms with Crippen molar-refractivity contribution in [3.8, 4) is 0 Å². The molecule has 1 atom stereocenters. The molecule has 0 aromatic heterocycles. The number of carbonyl (C=O) groups is 3. The van der Waals surface area contributed by atoms with Gasteiger partial charge in [-0.05, 0) is 30.5 Å². The average Bonchev–Trinajstić information content (AvgIpc) is 2.53. The molecule has 1 aromatic carbocycles. The van der Waals surface area contributed by atoms with E-state index in [9.17, 15) is 18.8 Å². The number of carbonyl (C=O) groups excluding carboxylic acids is 3. The van der Waals surface area contributed by atoms with Crippen LogP contribution in [-0.4, -0.2) is 37.6 Å². The number of rotatable bonds is 7. The van der Waals surface area contributed by atoms with Crippen molar-refractivity contribution in [3.63, 3.8) is 0 Å². The molecule has 0 heterocycles. The third kappa shape index (κ3) is 6.27. The number of ether oxygens (including phenoxy) is 2. The van der Waals surface area contributed by atoms with Crippen LogP contribution < -0.4 is 5.32 Å². The second kappa shape index (κ2) is 9.36. The van der Waals surface area contributed by atoms with Crippen molar-refractivity contribution in [2.24, 2.45) is 5.92 Å². The molecule has 0 fully saturated rings. The van der Waals surface area contributed by atoms with E-state index in [1.54, 1.807) is 0 Å². The number of methoxy groups -OCH3 is 1. The summed E-state index contributed by atoms with van der Waals surface area (Å²) in [6.07, 6.45) is 0.382. The molecular weight excluding hydrogens is 385 g/mol. The highest BCUT2D eigenvalue weighted by Crippen LogP contribution is 2.16. The highest BCUT2D eigenvalue weighted by atomic mass is 79.9. The molecule has 0 radical (unpaired) electrons. The predicted molar refractivity (Wildman–Crippen MR) is 87.8 cm³/mol. The summed E-state index contributed by atoms with van der Waals surface area (Å²) < 4.78 is 23.5.